The number of hydrogen-bond donors (Lipinski definition) is 0. The molecule has 0 bridgehead atoms. The van der Waals surface area contributed by atoms with E-state index in [0.29, 0.717) is 26.6 Å². The molecule has 2 aromatic rings. The molecule has 0 unspecified atom stereocenters. The molecule has 0 spiro atoms. The van der Waals surface area contributed by atoms with Crippen LogP contribution >= 0.6 is 0 Å². The van der Waals surface area contributed by atoms with Crippen LogP contribution in [0.15, 0.2) is 46.2 Å². The highest BCUT2D eigenvalue weighted by Crippen LogP contribution is 2.32. The van der Waals surface area contributed by atoms with E-state index in [9.17, 15) is 8.42 Å². The summed E-state index contributed by atoms with van der Waals surface area (Å²) in [5.41, 5.74) is 1.77. The SMILES string of the molecule is CN1COc2ccc(S(=O)(=O)c3ccc4c(c3)CN(C)CO4)cc2C1. The Morgan fingerprint density at radius 1 is 0.800 bits per heavy atom. The van der Waals surface area contributed by atoms with Gasteiger partial charge in [-0.25, -0.2) is 8.42 Å². The van der Waals surface area contributed by atoms with Gasteiger partial charge < -0.3 is 9.47 Å². The first kappa shape index (κ1) is 16.4. The van der Waals surface area contributed by atoms with Crippen molar-refractivity contribution in [3.05, 3.63) is 47.5 Å². The lowest BCUT2D eigenvalue weighted by Gasteiger charge is -2.26. The Hall–Kier alpha value is -2.09. The molecule has 6 nitrogen and oxygen atoms in total. The summed E-state index contributed by atoms with van der Waals surface area (Å²) in [6, 6.07) is 10.1. The molecule has 2 aromatic carbocycles. The molecule has 0 amide bonds. The van der Waals surface area contributed by atoms with Gasteiger partial charge in [0.1, 0.15) is 25.0 Å². The number of hydrogen-bond acceptors (Lipinski definition) is 6. The molecule has 0 aromatic heterocycles. The maximum absolute atomic E-state index is 13.1. The van der Waals surface area contributed by atoms with E-state index in [1.807, 2.05) is 23.9 Å². The molecule has 2 heterocycles. The zero-order chi connectivity index (χ0) is 17.6. The van der Waals surface area contributed by atoms with Crippen LogP contribution in [0.3, 0.4) is 0 Å². The maximum Gasteiger partial charge on any atom is 0.206 e. The highest BCUT2D eigenvalue weighted by molar-refractivity contribution is 7.91. The summed E-state index contributed by atoms with van der Waals surface area (Å²) in [5.74, 6) is 1.50. The maximum atomic E-state index is 13.1. The van der Waals surface area contributed by atoms with Gasteiger partial charge in [0.05, 0.1) is 9.79 Å². The molecule has 0 saturated carbocycles. The van der Waals surface area contributed by atoms with E-state index >= 15 is 0 Å². The predicted molar refractivity (Wildman–Crippen MR) is 92.3 cm³/mol. The first-order valence-electron chi connectivity index (χ1n) is 8.07. The summed E-state index contributed by atoms with van der Waals surface area (Å²) in [7, 11) is 0.280. The minimum Gasteiger partial charge on any atom is -0.478 e. The van der Waals surface area contributed by atoms with Crippen molar-refractivity contribution in [2.45, 2.75) is 22.9 Å². The van der Waals surface area contributed by atoms with Crippen LogP contribution in [-0.4, -0.2) is 45.8 Å². The first-order valence-corrected chi connectivity index (χ1v) is 9.55. The van der Waals surface area contributed by atoms with Gasteiger partial charge >= 0.3 is 0 Å². The first-order chi connectivity index (χ1) is 11.9. The Morgan fingerprint density at radius 3 is 1.68 bits per heavy atom. The van der Waals surface area contributed by atoms with Crippen LogP contribution in [0.25, 0.3) is 0 Å². The van der Waals surface area contributed by atoms with Crippen molar-refractivity contribution in [1.82, 2.24) is 9.80 Å². The fraction of sp³-hybridized carbons (Fsp3) is 0.333. The monoisotopic (exact) mass is 360 g/mol. The van der Waals surface area contributed by atoms with Crippen molar-refractivity contribution in [3.8, 4) is 11.5 Å². The van der Waals surface area contributed by atoms with Gasteiger partial charge in [-0.3, -0.25) is 9.80 Å². The quantitative estimate of drug-likeness (QED) is 0.817. The van der Waals surface area contributed by atoms with Crippen LogP contribution in [0.5, 0.6) is 11.5 Å². The topological polar surface area (TPSA) is 59.1 Å². The third-order valence-corrected chi connectivity index (χ3v) is 6.19. The lowest BCUT2D eigenvalue weighted by Crippen LogP contribution is -2.28. The second-order valence-corrected chi connectivity index (χ2v) is 8.57. The molecule has 0 saturated heterocycles. The van der Waals surface area contributed by atoms with E-state index in [4.69, 9.17) is 9.47 Å². The number of ether oxygens (including phenoxy) is 2. The summed E-state index contributed by atoms with van der Waals surface area (Å²) in [4.78, 5) is 4.56. The molecule has 7 heteroatoms. The lowest BCUT2D eigenvalue weighted by molar-refractivity contribution is 0.121. The van der Waals surface area contributed by atoms with Crippen LogP contribution in [0.4, 0.5) is 0 Å². The zero-order valence-electron chi connectivity index (χ0n) is 14.2. The van der Waals surface area contributed by atoms with Gasteiger partial charge in [-0.2, -0.15) is 0 Å². The number of sulfone groups is 1. The fourth-order valence-electron chi connectivity index (χ4n) is 3.14. The Morgan fingerprint density at radius 2 is 1.24 bits per heavy atom. The molecular weight excluding hydrogens is 340 g/mol. The molecule has 132 valence electrons. The highest BCUT2D eigenvalue weighted by atomic mass is 32.2. The van der Waals surface area contributed by atoms with Crippen molar-refractivity contribution < 1.29 is 17.9 Å². The summed E-state index contributed by atoms with van der Waals surface area (Å²) >= 11 is 0. The minimum absolute atomic E-state index is 0.287. The van der Waals surface area contributed by atoms with E-state index < -0.39 is 9.84 Å². The highest BCUT2D eigenvalue weighted by Gasteiger charge is 2.24. The van der Waals surface area contributed by atoms with Crippen LogP contribution in [0, 0.1) is 0 Å². The third-order valence-electron chi connectivity index (χ3n) is 4.45. The second-order valence-electron chi connectivity index (χ2n) is 6.62. The van der Waals surface area contributed by atoms with E-state index in [2.05, 4.69) is 0 Å². The van der Waals surface area contributed by atoms with Gasteiger partial charge in [-0.05, 0) is 50.5 Å². The van der Waals surface area contributed by atoms with Gasteiger partial charge in [0.15, 0.2) is 0 Å². The Kier molecular flexibility index (Phi) is 3.94. The van der Waals surface area contributed by atoms with Gasteiger partial charge in [0.2, 0.25) is 9.84 Å². The second kappa shape index (κ2) is 6.01. The Bertz CT molecular complexity index is 857. The number of nitrogens with zero attached hydrogens (tertiary/aromatic N) is 2. The van der Waals surface area contributed by atoms with E-state index in [0.717, 1.165) is 22.6 Å². The van der Waals surface area contributed by atoms with Crippen molar-refractivity contribution in [2.75, 3.05) is 27.6 Å². The largest absolute Gasteiger partial charge is 0.478 e. The predicted octanol–water partition coefficient (Wildman–Crippen LogP) is 2.08. The Labute approximate surface area is 147 Å². The molecule has 0 radical (unpaired) electrons. The minimum atomic E-state index is -3.59. The molecule has 0 N–H and O–H groups in total. The summed E-state index contributed by atoms with van der Waals surface area (Å²) in [6.45, 7) is 2.36. The number of rotatable bonds is 2. The van der Waals surface area contributed by atoms with Crippen LogP contribution in [0.1, 0.15) is 11.1 Å². The summed E-state index contributed by atoms with van der Waals surface area (Å²) in [6.07, 6.45) is 0. The van der Waals surface area contributed by atoms with Crippen LogP contribution in [0.2, 0.25) is 0 Å². The van der Waals surface area contributed by atoms with Crippen molar-refractivity contribution >= 4 is 9.84 Å². The van der Waals surface area contributed by atoms with Gasteiger partial charge in [0.25, 0.3) is 0 Å². The average molecular weight is 360 g/mol. The van der Waals surface area contributed by atoms with Gasteiger partial charge in [-0.15, -0.1) is 0 Å². The Balaban J connectivity index is 1.73. The molecule has 4 rings (SSSR count). The molecular formula is C18H20N2O4S. The van der Waals surface area contributed by atoms with Gasteiger partial charge in [0, 0.05) is 24.2 Å². The van der Waals surface area contributed by atoms with Crippen molar-refractivity contribution in [1.29, 1.82) is 0 Å². The molecule has 2 aliphatic rings. The smallest absolute Gasteiger partial charge is 0.206 e. The normalized spacial score (nSPS) is 18.0. The third kappa shape index (κ3) is 2.99. The lowest BCUT2D eigenvalue weighted by atomic mass is 10.2. The molecule has 25 heavy (non-hydrogen) atoms. The standard InChI is InChI=1S/C18H20N2O4S/c1-19-9-13-7-15(3-5-17(13)23-11-19)25(21,22)16-4-6-18-14(8-16)10-20(2)12-24-18/h3-8H,9-12H2,1-2H3. The van der Waals surface area contributed by atoms with Crippen molar-refractivity contribution in [3.63, 3.8) is 0 Å². The molecule has 0 aliphatic carbocycles. The van der Waals surface area contributed by atoms with Gasteiger partial charge in [-0.1, -0.05) is 0 Å². The van der Waals surface area contributed by atoms with Crippen molar-refractivity contribution in [2.24, 2.45) is 0 Å². The van der Waals surface area contributed by atoms with Crippen LogP contribution in [-0.2, 0) is 22.9 Å². The summed E-state index contributed by atoms with van der Waals surface area (Å²) in [5, 5.41) is 0. The fourth-order valence-corrected chi connectivity index (χ4v) is 4.50. The molecule has 0 atom stereocenters. The van der Waals surface area contributed by atoms with E-state index in [1.54, 1.807) is 36.4 Å². The molecule has 0 fully saturated rings. The van der Waals surface area contributed by atoms with E-state index in [1.165, 1.54) is 0 Å². The zero-order valence-corrected chi connectivity index (χ0v) is 15.0. The van der Waals surface area contributed by atoms with Crippen LogP contribution < -0.4 is 9.47 Å². The van der Waals surface area contributed by atoms with E-state index in [-0.39, 0.29) is 9.79 Å². The molecule has 2 aliphatic heterocycles. The summed E-state index contributed by atoms with van der Waals surface area (Å²) < 4.78 is 37.3. The number of benzene rings is 2. The number of fused-ring (bicyclic) bond motifs is 2. The average Bonchev–Trinajstić information content (AvgIpc) is 2.60.